The van der Waals surface area contributed by atoms with Gasteiger partial charge in [0.15, 0.2) is 5.76 Å². The maximum Gasteiger partial charge on any atom is 0.293 e. The molecule has 1 aromatic heterocycles. The first-order valence-corrected chi connectivity index (χ1v) is 10.0. The van der Waals surface area contributed by atoms with E-state index in [0.717, 1.165) is 16.7 Å². The fourth-order valence-electron chi connectivity index (χ4n) is 2.52. The Kier molecular flexibility index (Phi) is 6.49. The largest absolute Gasteiger partial charge is 0.456 e. The number of hydrogen-bond acceptors (Lipinski definition) is 5. The van der Waals surface area contributed by atoms with Gasteiger partial charge in [-0.2, -0.15) is 0 Å². The Balaban J connectivity index is 1.61. The van der Waals surface area contributed by atoms with Crippen molar-refractivity contribution in [1.82, 2.24) is 10.2 Å². The first-order valence-electron chi connectivity index (χ1n) is 8.47. The van der Waals surface area contributed by atoms with Crippen LogP contribution in [0.3, 0.4) is 0 Å². The molecule has 1 N–H and O–H groups in total. The summed E-state index contributed by atoms with van der Waals surface area (Å²) in [4.78, 5) is 38.1. The minimum atomic E-state index is -0.438. The maximum absolute atomic E-state index is 12.5. The molecule has 1 saturated heterocycles. The summed E-state index contributed by atoms with van der Waals surface area (Å²) in [5, 5.41) is 2.91. The number of amides is 3. The number of halogens is 2. The van der Waals surface area contributed by atoms with Gasteiger partial charge < -0.3 is 9.73 Å². The molecular formula is C19H16Cl2N2O4S. The van der Waals surface area contributed by atoms with Crippen molar-refractivity contribution in [2.24, 2.45) is 0 Å². The average Bonchev–Trinajstić information content (AvgIpc) is 3.25. The predicted molar refractivity (Wildman–Crippen MR) is 110 cm³/mol. The number of carbonyl (C=O) groups excluding carboxylic acids is 3. The second-order valence-electron chi connectivity index (χ2n) is 5.85. The van der Waals surface area contributed by atoms with Gasteiger partial charge in [-0.3, -0.25) is 19.3 Å². The smallest absolute Gasteiger partial charge is 0.293 e. The summed E-state index contributed by atoms with van der Waals surface area (Å²) in [6.45, 7) is 2.09. The molecule has 0 bridgehead atoms. The van der Waals surface area contributed by atoms with Crippen LogP contribution >= 0.6 is 35.0 Å². The van der Waals surface area contributed by atoms with Gasteiger partial charge in [-0.1, -0.05) is 42.3 Å². The quantitative estimate of drug-likeness (QED) is 0.665. The third-order valence-electron chi connectivity index (χ3n) is 4.00. The van der Waals surface area contributed by atoms with Crippen LogP contribution in [0.25, 0.3) is 6.08 Å². The molecule has 1 aliphatic rings. The number of furan rings is 1. The van der Waals surface area contributed by atoms with E-state index < -0.39 is 17.1 Å². The number of carbonyl (C=O) groups is 3. The summed E-state index contributed by atoms with van der Waals surface area (Å²) in [5.74, 6) is 0.0712. The van der Waals surface area contributed by atoms with E-state index in [0.29, 0.717) is 27.8 Å². The van der Waals surface area contributed by atoms with Crippen molar-refractivity contribution in [1.29, 1.82) is 0 Å². The Morgan fingerprint density at radius 2 is 2.04 bits per heavy atom. The molecule has 1 aromatic carbocycles. The zero-order valence-electron chi connectivity index (χ0n) is 14.8. The zero-order valence-corrected chi connectivity index (χ0v) is 17.2. The molecule has 28 heavy (non-hydrogen) atoms. The van der Waals surface area contributed by atoms with E-state index in [1.54, 1.807) is 30.3 Å². The standard InChI is InChI=1S/C19H16Cl2N2O4S/c1-2-12-6-7-14(27-12)17(24)22-8-9-23-18(25)15(28-19(23)26)10-11-4-3-5-13(20)16(11)21/h3-7,10H,2,8-9H2,1H3,(H,22,24). The highest BCUT2D eigenvalue weighted by molar-refractivity contribution is 8.18. The molecule has 3 rings (SSSR count). The number of hydrogen-bond donors (Lipinski definition) is 1. The lowest BCUT2D eigenvalue weighted by Crippen LogP contribution is -2.37. The van der Waals surface area contributed by atoms with Crippen molar-refractivity contribution in [3.8, 4) is 0 Å². The monoisotopic (exact) mass is 438 g/mol. The van der Waals surface area contributed by atoms with Gasteiger partial charge in [-0.15, -0.1) is 0 Å². The van der Waals surface area contributed by atoms with Gasteiger partial charge in [0.1, 0.15) is 5.76 Å². The molecule has 9 heteroatoms. The fraction of sp³-hybridized carbons (Fsp3) is 0.211. The Hall–Kier alpha value is -2.22. The highest BCUT2D eigenvalue weighted by atomic mass is 35.5. The summed E-state index contributed by atoms with van der Waals surface area (Å²) in [5.41, 5.74) is 0.553. The molecule has 1 aliphatic heterocycles. The lowest BCUT2D eigenvalue weighted by Gasteiger charge is -2.12. The van der Waals surface area contributed by atoms with Crippen LogP contribution in [0.15, 0.2) is 39.7 Å². The van der Waals surface area contributed by atoms with E-state index in [-0.39, 0.29) is 23.8 Å². The summed E-state index contributed by atoms with van der Waals surface area (Å²) < 4.78 is 5.37. The summed E-state index contributed by atoms with van der Waals surface area (Å²) in [6, 6.07) is 8.37. The van der Waals surface area contributed by atoms with Crippen molar-refractivity contribution >= 4 is 58.1 Å². The first kappa shape index (κ1) is 20.5. The molecule has 6 nitrogen and oxygen atoms in total. The predicted octanol–water partition coefficient (Wildman–Crippen LogP) is 4.62. The van der Waals surface area contributed by atoms with E-state index in [4.69, 9.17) is 27.6 Å². The summed E-state index contributed by atoms with van der Waals surface area (Å²) in [7, 11) is 0. The van der Waals surface area contributed by atoms with Crippen LogP contribution in [-0.2, 0) is 11.2 Å². The van der Waals surface area contributed by atoms with Gasteiger partial charge in [0.2, 0.25) is 0 Å². The molecule has 0 saturated carbocycles. The molecule has 0 atom stereocenters. The van der Waals surface area contributed by atoms with Crippen LogP contribution < -0.4 is 5.32 Å². The number of rotatable bonds is 6. The molecule has 0 aliphatic carbocycles. The van der Waals surface area contributed by atoms with Crippen LogP contribution in [0.5, 0.6) is 0 Å². The Morgan fingerprint density at radius 3 is 2.75 bits per heavy atom. The minimum absolute atomic E-state index is 0.0539. The number of nitrogens with zero attached hydrogens (tertiary/aromatic N) is 1. The lowest BCUT2D eigenvalue weighted by molar-refractivity contribution is -0.122. The Morgan fingerprint density at radius 1 is 1.25 bits per heavy atom. The number of nitrogens with one attached hydrogen (secondary N) is 1. The van der Waals surface area contributed by atoms with Gasteiger partial charge in [-0.25, -0.2) is 0 Å². The van der Waals surface area contributed by atoms with Crippen molar-refractivity contribution in [2.45, 2.75) is 13.3 Å². The third kappa shape index (κ3) is 4.43. The topological polar surface area (TPSA) is 79.6 Å². The molecule has 0 unspecified atom stereocenters. The number of thioether (sulfide) groups is 1. The molecule has 1 fully saturated rings. The van der Waals surface area contributed by atoms with Gasteiger partial charge in [0.05, 0.1) is 15.0 Å². The van der Waals surface area contributed by atoms with E-state index in [1.807, 2.05) is 6.92 Å². The van der Waals surface area contributed by atoms with Gasteiger partial charge >= 0.3 is 0 Å². The highest BCUT2D eigenvalue weighted by Gasteiger charge is 2.34. The van der Waals surface area contributed by atoms with Gasteiger partial charge in [0.25, 0.3) is 17.1 Å². The summed E-state index contributed by atoms with van der Waals surface area (Å²) >= 11 is 12.9. The van der Waals surface area contributed by atoms with E-state index in [1.165, 1.54) is 6.08 Å². The lowest BCUT2D eigenvalue weighted by atomic mass is 10.2. The second kappa shape index (κ2) is 8.86. The minimum Gasteiger partial charge on any atom is -0.456 e. The molecule has 3 amide bonds. The molecule has 2 heterocycles. The van der Waals surface area contributed by atoms with Crippen LogP contribution in [-0.4, -0.2) is 35.0 Å². The third-order valence-corrected chi connectivity index (χ3v) is 5.74. The normalized spacial score (nSPS) is 15.5. The fourth-order valence-corrected chi connectivity index (χ4v) is 3.74. The van der Waals surface area contributed by atoms with Gasteiger partial charge in [0, 0.05) is 19.5 Å². The molecule has 2 aromatic rings. The molecule has 146 valence electrons. The maximum atomic E-state index is 12.5. The second-order valence-corrected chi connectivity index (χ2v) is 7.63. The SMILES string of the molecule is CCc1ccc(C(=O)NCCN2C(=O)SC(=Cc3cccc(Cl)c3Cl)C2=O)o1. The van der Waals surface area contributed by atoms with Crippen molar-refractivity contribution in [3.05, 3.63) is 62.4 Å². The van der Waals surface area contributed by atoms with E-state index in [9.17, 15) is 14.4 Å². The number of benzene rings is 1. The van der Waals surface area contributed by atoms with Crippen LogP contribution in [0.2, 0.25) is 10.0 Å². The van der Waals surface area contributed by atoms with E-state index >= 15 is 0 Å². The van der Waals surface area contributed by atoms with Crippen molar-refractivity contribution in [3.63, 3.8) is 0 Å². The highest BCUT2D eigenvalue weighted by Crippen LogP contribution is 2.34. The van der Waals surface area contributed by atoms with Crippen molar-refractivity contribution in [2.75, 3.05) is 13.1 Å². The first-order chi connectivity index (χ1) is 13.4. The molecular weight excluding hydrogens is 423 g/mol. The van der Waals surface area contributed by atoms with E-state index in [2.05, 4.69) is 5.32 Å². The van der Waals surface area contributed by atoms with Crippen LogP contribution in [0.4, 0.5) is 4.79 Å². The van der Waals surface area contributed by atoms with Crippen LogP contribution in [0.1, 0.15) is 28.8 Å². The number of aryl methyl sites for hydroxylation is 1. The van der Waals surface area contributed by atoms with Crippen molar-refractivity contribution < 1.29 is 18.8 Å². The number of imide groups is 1. The zero-order chi connectivity index (χ0) is 20.3. The average molecular weight is 439 g/mol. The Labute approximate surface area is 175 Å². The summed E-state index contributed by atoms with van der Waals surface area (Å²) in [6.07, 6.45) is 2.22. The van der Waals surface area contributed by atoms with Gasteiger partial charge in [-0.05, 0) is 41.6 Å². The molecule has 0 radical (unpaired) electrons. The van der Waals surface area contributed by atoms with Crippen LogP contribution in [0, 0.1) is 0 Å². The Bertz CT molecular complexity index is 971. The molecule has 0 spiro atoms.